The van der Waals surface area contributed by atoms with Crippen LogP contribution < -0.4 is 10.3 Å². The lowest BCUT2D eigenvalue weighted by molar-refractivity contribution is 0.125. The SMILES string of the molecule is CCOc1ccc(-c2ccc(I)c(=O)n2CC(F)F)c(Br)c1. The van der Waals surface area contributed by atoms with Gasteiger partial charge in [0.2, 0.25) is 0 Å². The zero-order valence-electron chi connectivity index (χ0n) is 11.7. The van der Waals surface area contributed by atoms with Crippen molar-refractivity contribution in [2.75, 3.05) is 6.61 Å². The first-order valence-electron chi connectivity index (χ1n) is 6.54. The highest BCUT2D eigenvalue weighted by Crippen LogP contribution is 2.31. The molecule has 0 aliphatic rings. The van der Waals surface area contributed by atoms with Crippen molar-refractivity contribution in [3.63, 3.8) is 0 Å². The molecule has 3 nitrogen and oxygen atoms in total. The van der Waals surface area contributed by atoms with Crippen LogP contribution in [0.3, 0.4) is 0 Å². The van der Waals surface area contributed by atoms with Crippen molar-refractivity contribution in [1.29, 1.82) is 0 Å². The van der Waals surface area contributed by atoms with Crippen LogP contribution in [-0.2, 0) is 6.54 Å². The standard InChI is InChI=1S/C15H13BrF2INO2/c1-2-22-9-3-4-10(11(16)7-9)13-6-5-12(19)15(21)20(13)8-14(17)18/h3-7,14H,2,8H2,1H3. The Kier molecular flexibility index (Phi) is 5.96. The summed E-state index contributed by atoms with van der Waals surface area (Å²) < 4.78 is 33.2. The molecule has 7 heteroatoms. The minimum Gasteiger partial charge on any atom is -0.494 e. The van der Waals surface area contributed by atoms with E-state index in [4.69, 9.17) is 4.74 Å². The molecule has 1 aromatic carbocycles. The highest BCUT2D eigenvalue weighted by atomic mass is 127. The molecule has 0 spiro atoms. The molecule has 0 N–H and O–H groups in total. The largest absolute Gasteiger partial charge is 0.494 e. The Morgan fingerprint density at radius 2 is 2.05 bits per heavy atom. The molecule has 1 aromatic heterocycles. The molecule has 0 saturated heterocycles. The summed E-state index contributed by atoms with van der Waals surface area (Å²) in [5.74, 6) is 0.673. The number of aromatic nitrogens is 1. The van der Waals surface area contributed by atoms with Gasteiger partial charge in [0, 0.05) is 10.0 Å². The molecule has 0 aliphatic carbocycles. The second kappa shape index (κ2) is 7.54. The van der Waals surface area contributed by atoms with Crippen molar-refractivity contribution in [2.24, 2.45) is 0 Å². The van der Waals surface area contributed by atoms with Crippen molar-refractivity contribution in [3.8, 4) is 17.0 Å². The third kappa shape index (κ3) is 3.87. The van der Waals surface area contributed by atoms with E-state index in [9.17, 15) is 13.6 Å². The molecule has 0 amide bonds. The fraction of sp³-hybridized carbons (Fsp3) is 0.267. The van der Waals surface area contributed by atoms with E-state index in [1.807, 2.05) is 29.5 Å². The highest BCUT2D eigenvalue weighted by Gasteiger charge is 2.15. The number of hydrogen-bond acceptors (Lipinski definition) is 2. The van der Waals surface area contributed by atoms with Gasteiger partial charge in [-0.2, -0.15) is 0 Å². The Balaban J connectivity index is 2.57. The first kappa shape index (κ1) is 17.4. The quantitative estimate of drug-likeness (QED) is 0.584. The number of rotatable bonds is 5. The van der Waals surface area contributed by atoms with E-state index in [0.29, 0.717) is 31.7 Å². The first-order valence-corrected chi connectivity index (χ1v) is 8.41. The van der Waals surface area contributed by atoms with Gasteiger partial charge < -0.3 is 9.30 Å². The fourth-order valence-electron chi connectivity index (χ4n) is 2.07. The molecule has 0 radical (unpaired) electrons. The van der Waals surface area contributed by atoms with Crippen LogP contribution in [0.1, 0.15) is 6.92 Å². The maximum Gasteiger partial charge on any atom is 0.264 e. The van der Waals surface area contributed by atoms with Gasteiger partial charge in [-0.1, -0.05) is 0 Å². The minimum atomic E-state index is -2.60. The van der Waals surface area contributed by atoms with Crippen molar-refractivity contribution in [2.45, 2.75) is 19.9 Å². The molecular weight excluding hydrogens is 471 g/mol. The Morgan fingerprint density at radius 1 is 1.32 bits per heavy atom. The molecule has 1 heterocycles. The fourth-order valence-corrected chi connectivity index (χ4v) is 3.10. The molecule has 22 heavy (non-hydrogen) atoms. The van der Waals surface area contributed by atoms with Crippen LogP contribution in [0.25, 0.3) is 11.3 Å². The molecule has 0 unspecified atom stereocenters. The summed E-state index contributed by atoms with van der Waals surface area (Å²) in [6, 6.07) is 8.56. The zero-order chi connectivity index (χ0) is 16.3. The lowest BCUT2D eigenvalue weighted by atomic mass is 10.1. The molecule has 0 aliphatic heterocycles. The Bertz CT molecular complexity index is 734. The summed E-state index contributed by atoms with van der Waals surface area (Å²) in [7, 11) is 0. The van der Waals surface area contributed by atoms with Gasteiger partial charge >= 0.3 is 0 Å². The van der Waals surface area contributed by atoms with E-state index in [0.717, 1.165) is 4.57 Å². The number of pyridine rings is 1. The van der Waals surface area contributed by atoms with Gasteiger partial charge in [0.05, 0.1) is 22.4 Å². The van der Waals surface area contributed by atoms with Crippen molar-refractivity contribution in [3.05, 3.63) is 48.7 Å². The third-order valence-electron chi connectivity index (χ3n) is 2.98. The Hall–Kier alpha value is -0.960. The van der Waals surface area contributed by atoms with Crippen LogP contribution >= 0.6 is 38.5 Å². The second-order valence-electron chi connectivity index (χ2n) is 4.45. The monoisotopic (exact) mass is 483 g/mol. The van der Waals surface area contributed by atoms with Crippen LogP contribution in [-0.4, -0.2) is 17.6 Å². The third-order valence-corrected chi connectivity index (χ3v) is 4.45. The number of ether oxygens (including phenoxy) is 1. The number of nitrogens with zero attached hydrogens (tertiary/aromatic N) is 1. The summed E-state index contributed by atoms with van der Waals surface area (Å²) in [6.07, 6.45) is -2.60. The average molecular weight is 484 g/mol. The topological polar surface area (TPSA) is 31.2 Å². The van der Waals surface area contributed by atoms with E-state index < -0.39 is 18.5 Å². The molecule has 0 fully saturated rings. The first-order chi connectivity index (χ1) is 10.4. The highest BCUT2D eigenvalue weighted by molar-refractivity contribution is 14.1. The van der Waals surface area contributed by atoms with Gasteiger partial charge in [-0.3, -0.25) is 4.79 Å². The lowest BCUT2D eigenvalue weighted by Gasteiger charge is -2.15. The van der Waals surface area contributed by atoms with Crippen LogP contribution in [0.15, 0.2) is 39.6 Å². The molecule has 2 aromatic rings. The van der Waals surface area contributed by atoms with Crippen LogP contribution in [0.2, 0.25) is 0 Å². The van der Waals surface area contributed by atoms with Crippen LogP contribution in [0.5, 0.6) is 5.75 Å². The summed E-state index contributed by atoms with van der Waals surface area (Å²) in [5.41, 5.74) is 0.692. The normalized spacial score (nSPS) is 11.0. The lowest BCUT2D eigenvalue weighted by Crippen LogP contribution is -2.26. The summed E-state index contributed by atoms with van der Waals surface area (Å²) in [4.78, 5) is 12.2. The summed E-state index contributed by atoms with van der Waals surface area (Å²) in [6.45, 7) is 1.78. The van der Waals surface area contributed by atoms with E-state index in [1.54, 1.807) is 30.3 Å². The van der Waals surface area contributed by atoms with Gasteiger partial charge in [-0.05, 0) is 75.8 Å². The van der Waals surface area contributed by atoms with E-state index in [1.165, 1.54) is 0 Å². The van der Waals surface area contributed by atoms with Crippen LogP contribution in [0, 0.1) is 3.57 Å². The van der Waals surface area contributed by atoms with E-state index >= 15 is 0 Å². The number of alkyl halides is 2. The zero-order valence-corrected chi connectivity index (χ0v) is 15.4. The summed E-state index contributed by atoms with van der Waals surface area (Å²) in [5, 5.41) is 0. The Labute approximate surface area is 148 Å². The van der Waals surface area contributed by atoms with Crippen molar-refractivity contribution < 1.29 is 13.5 Å². The van der Waals surface area contributed by atoms with Crippen molar-refractivity contribution >= 4 is 38.5 Å². The number of halogens is 4. The smallest absolute Gasteiger partial charge is 0.264 e. The van der Waals surface area contributed by atoms with Gasteiger partial charge in [0.1, 0.15) is 5.75 Å². The van der Waals surface area contributed by atoms with Gasteiger partial charge in [-0.25, -0.2) is 8.78 Å². The second-order valence-corrected chi connectivity index (χ2v) is 6.46. The van der Waals surface area contributed by atoms with Crippen molar-refractivity contribution in [1.82, 2.24) is 4.57 Å². The van der Waals surface area contributed by atoms with Gasteiger partial charge in [0.25, 0.3) is 12.0 Å². The van der Waals surface area contributed by atoms with Gasteiger partial charge in [0.15, 0.2) is 0 Å². The maximum atomic E-state index is 12.8. The Morgan fingerprint density at radius 3 is 2.64 bits per heavy atom. The molecular formula is C15H13BrF2INO2. The molecule has 2 rings (SSSR count). The minimum absolute atomic E-state index is 0.407. The number of benzene rings is 1. The molecule has 0 atom stereocenters. The molecule has 0 bridgehead atoms. The predicted octanol–water partition coefficient (Wildman–Crippen LogP) is 4.55. The maximum absolute atomic E-state index is 12.8. The molecule has 0 saturated carbocycles. The number of hydrogen-bond donors (Lipinski definition) is 0. The van der Waals surface area contributed by atoms with E-state index in [2.05, 4.69) is 15.9 Å². The predicted molar refractivity (Wildman–Crippen MR) is 93.7 cm³/mol. The average Bonchev–Trinajstić information content (AvgIpc) is 2.45. The van der Waals surface area contributed by atoms with E-state index in [-0.39, 0.29) is 0 Å². The summed E-state index contributed by atoms with van der Waals surface area (Å²) >= 11 is 5.26. The molecule has 118 valence electrons. The van der Waals surface area contributed by atoms with Gasteiger partial charge in [-0.15, -0.1) is 0 Å². The van der Waals surface area contributed by atoms with Crippen LogP contribution in [0.4, 0.5) is 8.78 Å².